The van der Waals surface area contributed by atoms with E-state index in [1.165, 1.54) is 28.5 Å². The van der Waals surface area contributed by atoms with Gasteiger partial charge in [0.05, 0.1) is 5.39 Å². The second-order valence-electron chi connectivity index (χ2n) is 6.06. The second kappa shape index (κ2) is 7.05. The van der Waals surface area contributed by atoms with E-state index in [2.05, 4.69) is 34.2 Å². The first-order valence-corrected chi connectivity index (χ1v) is 10.1. The van der Waals surface area contributed by atoms with Crippen LogP contribution in [0.2, 0.25) is 0 Å². The van der Waals surface area contributed by atoms with Crippen molar-refractivity contribution in [3.8, 4) is 11.1 Å². The van der Waals surface area contributed by atoms with Gasteiger partial charge >= 0.3 is 0 Å². The molecule has 130 valence electrons. The Hall–Kier alpha value is -2.44. The summed E-state index contributed by atoms with van der Waals surface area (Å²) in [6, 6.07) is 14.4. The number of thioether (sulfide) groups is 1. The Kier molecular flexibility index (Phi) is 4.61. The molecule has 2 aromatic carbocycles. The molecule has 0 unspecified atom stereocenters. The minimum Gasteiger partial charge on any atom is -0.301 e. The predicted octanol–water partition coefficient (Wildman–Crippen LogP) is 4.88. The van der Waals surface area contributed by atoms with Gasteiger partial charge in [-0.25, -0.2) is 4.98 Å². The van der Waals surface area contributed by atoms with E-state index in [9.17, 15) is 9.59 Å². The number of benzene rings is 2. The molecule has 0 aliphatic carbocycles. The van der Waals surface area contributed by atoms with Gasteiger partial charge in [0.2, 0.25) is 0 Å². The zero-order chi connectivity index (χ0) is 18.1. The fourth-order valence-electron chi connectivity index (χ4n) is 2.86. The molecule has 0 atom stereocenters. The van der Waals surface area contributed by atoms with E-state index in [4.69, 9.17) is 0 Å². The summed E-state index contributed by atoms with van der Waals surface area (Å²) < 4.78 is 0. The molecule has 0 saturated carbocycles. The Bertz CT molecular complexity index is 1180. The summed E-state index contributed by atoms with van der Waals surface area (Å²) in [5.41, 5.74) is 1.79. The summed E-state index contributed by atoms with van der Waals surface area (Å²) in [5, 5.41) is 5.50. The highest BCUT2D eigenvalue weighted by molar-refractivity contribution is 7.99. The number of carbonyl (C=O) groups excluding carboxylic acids is 1. The number of carbonyl (C=O) groups is 1. The van der Waals surface area contributed by atoms with Crippen LogP contribution in [0.3, 0.4) is 0 Å². The van der Waals surface area contributed by atoms with Crippen LogP contribution in [0.4, 0.5) is 0 Å². The lowest BCUT2D eigenvalue weighted by molar-refractivity contribution is -0.116. The fraction of sp³-hybridized carbons (Fsp3) is 0.150. The third kappa shape index (κ3) is 3.30. The number of nitrogens with one attached hydrogen (secondary N) is 1. The normalized spacial score (nSPS) is 11.3. The van der Waals surface area contributed by atoms with Gasteiger partial charge in [-0.2, -0.15) is 0 Å². The molecule has 0 fully saturated rings. The SMILES string of the molecule is CC(=O)CCSc1nc2scc(-c3ccc4ccccc4c3)c2c(=O)[nH]1. The molecule has 0 spiro atoms. The van der Waals surface area contributed by atoms with Crippen LogP contribution in [0.5, 0.6) is 0 Å². The average molecular weight is 380 g/mol. The van der Waals surface area contributed by atoms with E-state index in [1.54, 1.807) is 6.92 Å². The number of thiophene rings is 1. The molecule has 4 rings (SSSR count). The number of aromatic nitrogens is 2. The molecule has 0 amide bonds. The Morgan fingerprint density at radius 2 is 2.00 bits per heavy atom. The topological polar surface area (TPSA) is 62.8 Å². The average Bonchev–Trinajstić information content (AvgIpc) is 3.05. The molecule has 1 N–H and O–H groups in total. The summed E-state index contributed by atoms with van der Waals surface area (Å²) in [6.45, 7) is 1.56. The lowest BCUT2D eigenvalue weighted by Crippen LogP contribution is -2.09. The number of aromatic amines is 1. The van der Waals surface area contributed by atoms with E-state index in [0.717, 1.165) is 21.3 Å². The smallest absolute Gasteiger partial charge is 0.260 e. The monoisotopic (exact) mass is 380 g/mol. The van der Waals surface area contributed by atoms with Crippen molar-refractivity contribution in [2.45, 2.75) is 18.5 Å². The van der Waals surface area contributed by atoms with Crippen molar-refractivity contribution in [1.29, 1.82) is 0 Å². The Balaban J connectivity index is 1.74. The van der Waals surface area contributed by atoms with Crippen LogP contribution in [0.25, 0.3) is 32.1 Å². The van der Waals surface area contributed by atoms with Crippen molar-refractivity contribution in [2.24, 2.45) is 0 Å². The lowest BCUT2D eigenvalue weighted by Gasteiger charge is -2.04. The van der Waals surface area contributed by atoms with Crippen LogP contribution in [-0.2, 0) is 4.79 Å². The molecule has 2 aromatic heterocycles. The highest BCUT2D eigenvalue weighted by Crippen LogP contribution is 2.33. The van der Waals surface area contributed by atoms with Crippen molar-refractivity contribution >= 4 is 49.9 Å². The molecule has 6 heteroatoms. The van der Waals surface area contributed by atoms with Gasteiger partial charge in [0.25, 0.3) is 5.56 Å². The van der Waals surface area contributed by atoms with Crippen LogP contribution in [0, 0.1) is 0 Å². The minimum atomic E-state index is -0.135. The number of rotatable bonds is 5. The van der Waals surface area contributed by atoms with Gasteiger partial charge < -0.3 is 4.98 Å². The summed E-state index contributed by atoms with van der Waals surface area (Å²) in [7, 11) is 0. The van der Waals surface area contributed by atoms with Gasteiger partial charge in [0, 0.05) is 23.1 Å². The number of ketones is 1. The first kappa shape index (κ1) is 17.0. The van der Waals surface area contributed by atoms with Crippen LogP contribution in [0.15, 0.2) is 57.8 Å². The zero-order valence-electron chi connectivity index (χ0n) is 14.1. The summed E-state index contributed by atoms with van der Waals surface area (Å²) in [4.78, 5) is 31.8. The Labute approximate surface area is 158 Å². The maximum atomic E-state index is 12.6. The van der Waals surface area contributed by atoms with E-state index >= 15 is 0 Å². The predicted molar refractivity (Wildman–Crippen MR) is 109 cm³/mol. The largest absolute Gasteiger partial charge is 0.301 e. The van der Waals surface area contributed by atoms with Crippen molar-refractivity contribution in [3.63, 3.8) is 0 Å². The van der Waals surface area contributed by atoms with Gasteiger partial charge in [-0.15, -0.1) is 11.3 Å². The lowest BCUT2D eigenvalue weighted by atomic mass is 10.0. The quantitative estimate of drug-likeness (QED) is 0.396. The number of nitrogens with zero attached hydrogens (tertiary/aromatic N) is 1. The van der Waals surface area contributed by atoms with Gasteiger partial charge in [0.15, 0.2) is 5.16 Å². The molecule has 0 saturated heterocycles. The van der Waals surface area contributed by atoms with E-state index in [1.807, 2.05) is 23.6 Å². The number of hydrogen-bond donors (Lipinski definition) is 1. The van der Waals surface area contributed by atoms with Crippen LogP contribution in [-0.4, -0.2) is 21.5 Å². The first-order chi connectivity index (χ1) is 12.6. The van der Waals surface area contributed by atoms with Crippen LogP contribution in [0.1, 0.15) is 13.3 Å². The van der Waals surface area contributed by atoms with Crippen molar-refractivity contribution < 1.29 is 4.79 Å². The molecule has 0 aliphatic heterocycles. The zero-order valence-corrected chi connectivity index (χ0v) is 15.7. The minimum absolute atomic E-state index is 0.135. The second-order valence-corrected chi connectivity index (χ2v) is 8.00. The molecule has 0 radical (unpaired) electrons. The number of fused-ring (bicyclic) bond motifs is 2. The highest BCUT2D eigenvalue weighted by Gasteiger charge is 2.13. The van der Waals surface area contributed by atoms with Gasteiger partial charge in [-0.3, -0.25) is 9.59 Å². The standard InChI is InChI=1S/C20H16N2O2S2/c1-12(23)8-9-25-20-21-18(24)17-16(11-26-19(17)22-20)15-7-6-13-4-2-3-5-14(13)10-15/h2-7,10-11H,8-9H2,1H3,(H,21,22,24). The molecule has 26 heavy (non-hydrogen) atoms. The molecule has 2 heterocycles. The van der Waals surface area contributed by atoms with Crippen LogP contribution < -0.4 is 5.56 Å². The third-order valence-corrected chi connectivity index (χ3v) is 5.92. The van der Waals surface area contributed by atoms with Crippen molar-refractivity contribution in [3.05, 3.63) is 58.2 Å². The van der Waals surface area contributed by atoms with Gasteiger partial charge in [-0.1, -0.05) is 48.2 Å². The molecule has 0 bridgehead atoms. The van der Waals surface area contributed by atoms with Crippen molar-refractivity contribution in [2.75, 3.05) is 5.75 Å². The molecule has 4 aromatic rings. The number of H-pyrrole nitrogens is 1. The maximum absolute atomic E-state index is 12.6. The Morgan fingerprint density at radius 3 is 2.81 bits per heavy atom. The third-order valence-electron chi connectivity index (χ3n) is 4.18. The van der Waals surface area contributed by atoms with E-state index in [0.29, 0.717) is 22.7 Å². The molecule has 4 nitrogen and oxygen atoms in total. The summed E-state index contributed by atoms with van der Waals surface area (Å²) in [5.74, 6) is 0.753. The van der Waals surface area contributed by atoms with Crippen molar-refractivity contribution in [1.82, 2.24) is 9.97 Å². The van der Waals surface area contributed by atoms with Gasteiger partial charge in [0.1, 0.15) is 10.6 Å². The van der Waals surface area contributed by atoms with E-state index < -0.39 is 0 Å². The maximum Gasteiger partial charge on any atom is 0.260 e. The molecular formula is C20H16N2O2S2. The summed E-state index contributed by atoms with van der Waals surface area (Å²) in [6.07, 6.45) is 0.471. The van der Waals surface area contributed by atoms with Gasteiger partial charge in [-0.05, 0) is 29.3 Å². The first-order valence-electron chi connectivity index (χ1n) is 8.25. The van der Waals surface area contributed by atoms with Crippen LogP contribution >= 0.6 is 23.1 Å². The highest BCUT2D eigenvalue weighted by atomic mass is 32.2. The Morgan fingerprint density at radius 1 is 1.19 bits per heavy atom. The molecular weight excluding hydrogens is 364 g/mol. The van der Waals surface area contributed by atoms with E-state index in [-0.39, 0.29) is 11.3 Å². The number of Topliss-reactive ketones (excluding diaryl/α,β-unsaturated/α-hetero) is 1. The molecule has 0 aliphatic rings. The summed E-state index contributed by atoms with van der Waals surface area (Å²) >= 11 is 2.87. The fourth-order valence-corrected chi connectivity index (χ4v) is 4.77. The number of hydrogen-bond acceptors (Lipinski definition) is 5.